The lowest BCUT2D eigenvalue weighted by atomic mass is 9.82. The first-order valence-electron chi connectivity index (χ1n) is 7.63. The normalized spacial score (nSPS) is 13.1. The first-order chi connectivity index (χ1) is 11.4. The summed E-state index contributed by atoms with van der Waals surface area (Å²) in [4.78, 5) is 26.1. The average molecular weight is 324 g/mol. The Morgan fingerprint density at radius 2 is 1.04 bits per heavy atom. The molecule has 0 saturated heterocycles. The summed E-state index contributed by atoms with van der Waals surface area (Å²) in [5.41, 5.74) is 9.15. The number of ketones is 2. The molecule has 0 heterocycles. The zero-order valence-electron chi connectivity index (χ0n) is 14.2. The molecule has 0 spiro atoms. The van der Waals surface area contributed by atoms with Gasteiger partial charge in [-0.1, -0.05) is 24.3 Å². The molecule has 0 fully saturated rings. The minimum Gasteiger partial charge on any atom is -0.319 e. The van der Waals surface area contributed by atoms with Gasteiger partial charge in [-0.05, 0) is 12.1 Å². The van der Waals surface area contributed by atoms with Crippen molar-refractivity contribution in [3.8, 4) is 0 Å². The van der Waals surface area contributed by atoms with Crippen LogP contribution in [0.5, 0.6) is 0 Å². The van der Waals surface area contributed by atoms with E-state index in [1.807, 2.05) is 40.3 Å². The summed E-state index contributed by atoms with van der Waals surface area (Å²) in [6.07, 6.45) is 0. The van der Waals surface area contributed by atoms with Gasteiger partial charge in [0.1, 0.15) is 0 Å². The standard InChI is InChI=1S/C18H20N4O2/c1-21(2)19-13-9-10-14(20-22(3)4)16-15(13)17(23)11-7-5-6-8-12(11)18(16)24/h5-10,19-20H,1-4H3. The Bertz CT molecular complexity index is 760. The van der Waals surface area contributed by atoms with E-state index in [9.17, 15) is 9.59 Å². The quantitative estimate of drug-likeness (QED) is 0.718. The van der Waals surface area contributed by atoms with Gasteiger partial charge in [0.2, 0.25) is 0 Å². The predicted molar refractivity (Wildman–Crippen MR) is 94.4 cm³/mol. The molecule has 6 nitrogen and oxygen atoms in total. The van der Waals surface area contributed by atoms with Crippen LogP contribution in [0.15, 0.2) is 36.4 Å². The van der Waals surface area contributed by atoms with Crippen molar-refractivity contribution in [2.75, 3.05) is 39.0 Å². The molecule has 2 N–H and O–H groups in total. The van der Waals surface area contributed by atoms with Gasteiger partial charge in [0.25, 0.3) is 0 Å². The molecule has 24 heavy (non-hydrogen) atoms. The lowest BCUT2D eigenvalue weighted by Gasteiger charge is -2.26. The highest BCUT2D eigenvalue weighted by Gasteiger charge is 2.34. The van der Waals surface area contributed by atoms with Crippen LogP contribution in [0.1, 0.15) is 31.8 Å². The summed E-state index contributed by atoms with van der Waals surface area (Å²) in [6, 6.07) is 10.6. The minimum atomic E-state index is -0.146. The highest BCUT2D eigenvalue weighted by atomic mass is 16.1. The molecule has 2 aromatic rings. The van der Waals surface area contributed by atoms with Crippen LogP contribution in [0.4, 0.5) is 11.4 Å². The number of benzene rings is 2. The number of anilines is 2. The molecule has 0 aliphatic heterocycles. The van der Waals surface area contributed by atoms with E-state index in [4.69, 9.17) is 0 Å². The maximum Gasteiger partial charge on any atom is 0.196 e. The number of hydrogen-bond acceptors (Lipinski definition) is 6. The van der Waals surface area contributed by atoms with E-state index in [1.165, 1.54) is 0 Å². The van der Waals surface area contributed by atoms with Crippen molar-refractivity contribution in [3.63, 3.8) is 0 Å². The Kier molecular flexibility index (Phi) is 4.09. The molecular formula is C18H20N4O2. The third kappa shape index (κ3) is 2.66. The van der Waals surface area contributed by atoms with E-state index in [2.05, 4.69) is 10.9 Å². The largest absolute Gasteiger partial charge is 0.319 e. The van der Waals surface area contributed by atoms with E-state index >= 15 is 0 Å². The van der Waals surface area contributed by atoms with Gasteiger partial charge in [-0.15, -0.1) is 0 Å². The van der Waals surface area contributed by atoms with Crippen molar-refractivity contribution in [1.29, 1.82) is 0 Å². The SMILES string of the molecule is CN(C)Nc1ccc(NN(C)C)c2c1C(=O)c1ccccc1C2=O. The number of hydrazine groups is 2. The number of hydrogen-bond donors (Lipinski definition) is 2. The van der Waals surface area contributed by atoms with Gasteiger partial charge in [0, 0.05) is 39.3 Å². The molecule has 3 rings (SSSR count). The van der Waals surface area contributed by atoms with Crippen molar-refractivity contribution in [2.45, 2.75) is 0 Å². The summed E-state index contributed by atoms with van der Waals surface area (Å²) in [7, 11) is 7.34. The molecule has 0 unspecified atom stereocenters. The van der Waals surface area contributed by atoms with Crippen LogP contribution in [0.25, 0.3) is 0 Å². The van der Waals surface area contributed by atoms with Crippen molar-refractivity contribution in [1.82, 2.24) is 10.0 Å². The highest BCUT2D eigenvalue weighted by molar-refractivity contribution is 6.31. The number of carbonyl (C=O) groups is 2. The van der Waals surface area contributed by atoms with E-state index in [0.717, 1.165) is 0 Å². The van der Waals surface area contributed by atoms with Crippen LogP contribution in [-0.4, -0.2) is 49.8 Å². The van der Waals surface area contributed by atoms with Gasteiger partial charge in [0.05, 0.1) is 22.5 Å². The van der Waals surface area contributed by atoms with E-state index in [-0.39, 0.29) is 11.6 Å². The third-order valence-corrected chi connectivity index (χ3v) is 3.76. The number of nitrogens with zero attached hydrogens (tertiary/aromatic N) is 2. The van der Waals surface area contributed by atoms with Gasteiger partial charge in [-0.3, -0.25) is 9.59 Å². The second-order valence-corrected chi connectivity index (χ2v) is 6.13. The molecule has 0 radical (unpaired) electrons. The van der Waals surface area contributed by atoms with Gasteiger partial charge >= 0.3 is 0 Å². The fraction of sp³-hybridized carbons (Fsp3) is 0.222. The second kappa shape index (κ2) is 6.07. The summed E-state index contributed by atoms with van der Waals surface area (Å²) < 4.78 is 0. The zero-order chi connectivity index (χ0) is 17.4. The van der Waals surface area contributed by atoms with Gasteiger partial charge in [0.15, 0.2) is 11.6 Å². The average Bonchev–Trinajstić information content (AvgIpc) is 2.53. The molecule has 2 aromatic carbocycles. The summed E-state index contributed by atoms with van der Waals surface area (Å²) in [5.74, 6) is -0.293. The maximum absolute atomic E-state index is 13.0. The number of carbonyl (C=O) groups excluding carboxylic acids is 2. The smallest absolute Gasteiger partial charge is 0.196 e. The van der Waals surface area contributed by atoms with Gasteiger partial charge in [-0.2, -0.15) is 0 Å². The molecule has 0 amide bonds. The van der Waals surface area contributed by atoms with E-state index < -0.39 is 0 Å². The molecule has 6 heteroatoms. The van der Waals surface area contributed by atoms with Crippen molar-refractivity contribution < 1.29 is 9.59 Å². The maximum atomic E-state index is 13.0. The Balaban J connectivity index is 2.26. The predicted octanol–water partition coefficient (Wildman–Crippen LogP) is 2.24. The number of rotatable bonds is 4. The summed E-state index contributed by atoms with van der Waals surface area (Å²) in [5, 5.41) is 3.49. The molecule has 0 bridgehead atoms. The lowest BCUT2D eigenvalue weighted by molar-refractivity contribution is 0.0980. The molecule has 124 valence electrons. The zero-order valence-corrected chi connectivity index (χ0v) is 14.2. The van der Waals surface area contributed by atoms with E-state index in [1.54, 1.807) is 34.3 Å². The second-order valence-electron chi connectivity index (χ2n) is 6.13. The Labute approximate surface area is 141 Å². The Hall–Kier alpha value is -2.70. The lowest BCUT2D eigenvalue weighted by Crippen LogP contribution is -2.29. The topological polar surface area (TPSA) is 64.7 Å². The van der Waals surface area contributed by atoms with Gasteiger partial charge in [-0.25, -0.2) is 10.0 Å². The van der Waals surface area contributed by atoms with Crippen LogP contribution >= 0.6 is 0 Å². The Morgan fingerprint density at radius 3 is 1.38 bits per heavy atom. The third-order valence-electron chi connectivity index (χ3n) is 3.76. The summed E-state index contributed by atoms with van der Waals surface area (Å²) in [6.45, 7) is 0. The first kappa shape index (κ1) is 16.2. The van der Waals surface area contributed by atoms with Crippen LogP contribution in [0, 0.1) is 0 Å². The molecule has 0 aromatic heterocycles. The summed E-state index contributed by atoms with van der Waals surface area (Å²) >= 11 is 0. The number of fused-ring (bicyclic) bond motifs is 2. The molecule has 1 aliphatic rings. The first-order valence-corrected chi connectivity index (χ1v) is 7.63. The van der Waals surface area contributed by atoms with Crippen LogP contribution in [0.2, 0.25) is 0 Å². The van der Waals surface area contributed by atoms with Crippen molar-refractivity contribution in [3.05, 3.63) is 58.7 Å². The Morgan fingerprint density at radius 1 is 0.667 bits per heavy atom. The van der Waals surface area contributed by atoms with Crippen LogP contribution in [0.3, 0.4) is 0 Å². The van der Waals surface area contributed by atoms with Crippen molar-refractivity contribution >= 4 is 22.9 Å². The molecule has 0 atom stereocenters. The fourth-order valence-corrected chi connectivity index (χ4v) is 2.89. The minimum absolute atomic E-state index is 0.146. The molecular weight excluding hydrogens is 304 g/mol. The molecule has 1 aliphatic carbocycles. The monoisotopic (exact) mass is 324 g/mol. The molecule has 0 saturated carbocycles. The van der Waals surface area contributed by atoms with Crippen LogP contribution in [-0.2, 0) is 0 Å². The fourth-order valence-electron chi connectivity index (χ4n) is 2.89. The highest BCUT2D eigenvalue weighted by Crippen LogP contribution is 2.36. The number of nitrogens with one attached hydrogen (secondary N) is 2. The van der Waals surface area contributed by atoms with Gasteiger partial charge < -0.3 is 10.9 Å². The van der Waals surface area contributed by atoms with Crippen LogP contribution < -0.4 is 10.9 Å². The van der Waals surface area contributed by atoms with Crippen molar-refractivity contribution in [2.24, 2.45) is 0 Å². The van der Waals surface area contributed by atoms with E-state index in [0.29, 0.717) is 33.6 Å².